The Balaban J connectivity index is 1.94. The quantitative estimate of drug-likeness (QED) is 0.840. The van der Waals surface area contributed by atoms with Crippen LogP contribution < -0.4 is 10.1 Å². The zero-order chi connectivity index (χ0) is 14.4. The first-order chi connectivity index (χ1) is 9.72. The van der Waals surface area contributed by atoms with Gasteiger partial charge in [-0.15, -0.1) is 0 Å². The topological polar surface area (TPSA) is 21.3 Å². The zero-order valence-corrected chi connectivity index (χ0v) is 13.2. The van der Waals surface area contributed by atoms with Crippen LogP contribution in [-0.4, -0.2) is 19.2 Å². The number of rotatable bonds is 6. The standard InChI is InChI=1S/C18H29NO/c1-4-5-6-15-8-10-16(11-9-15)20-18-13-14(2)7-12-17(18)19-3/h8-11,14,17-19H,4-7,12-13H2,1-3H3. The highest BCUT2D eigenvalue weighted by atomic mass is 16.5. The van der Waals surface area contributed by atoms with E-state index in [0.29, 0.717) is 12.1 Å². The van der Waals surface area contributed by atoms with E-state index in [2.05, 4.69) is 43.4 Å². The van der Waals surface area contributed by atoms with Gasteiger partial charge in [0.15, 0.2) is 0 Å². The van der Waals surface area contributed by atoms with Gasteiger partial charge in [-0.3, -0.25) is 0 Å². The number of unbranched alkanes of at least 4 members (excludes halogenated alkanes) is 1. The zero-order valence-electron chi connectivity index (χ0n) is 13.2. The van der Waals surface area contributed by atoms with Crippen molar-refractivity contribution in [2.45, 2.75) is 64.5 Å². The molecule has 0 heterocycles. The van der Waals surface area contributed by atoms with Gasteiger partial charge in [-0.25, -0.2) is 0 Å². The van der Waals surface area contributed by atoms with Crippen LogP contribution in [0, 0.1) is 5.92 Å². The van der Waals surface area contributed by atoms with Gasteiger partial charge >= 0.3 is 0 Å². The fraction of sp³-hybridized carbons (Fsp3) is 0.667. The first-order valence-electron chi connectivity index (χ1n) is 8.15. The molecule has 0 aliphatic heterocycles. The highest BCUT2D eigenvalue weighted by molar-refractivity contribution is 5.27. The van der Waals surface area contributed by atoms with E-state index in [9.17, 15) is 0 Å². The summed E-state index contributed by atoms with van der Waals surface area (Å²) in [5.41, 5.74) is 1.42. The van der Waals surface area contributed by atoms with Crippen molar-refractivity contribution in [3.8, 4) is 5.75 Å². The lowest BCUT2D eigenvalue weighted by atomic mass is 9.85. The van der Waals surface area contributed by atoms with Crippen molar-refractivity contribution < 1.29 is 4.74 Å². The molecular weight excluding hydrogens is 246 g/mol. The first-order valence-corrected chi connectivity index (χ1v) is 8.15. The molecule has 0 bridgehead atoms. The molecule has 112 valence electrons. The fourth-order valence-corrected chi connectivity index (χ4v) is 3.08. The van der Waals surface area contributed by atoms with E-state index >= 15 is 0 Å². The van der Waals surface area contributed by atoms with Crippen molar-refractivity contribution in [3.05, 3.63) is 29.8 Å². The Kier molecular flexibility index (Phi) is 5.90. The summed E-state index contributed by atoms with van der Waals surface area (Å²) in [5, 5.41) is 3.41. The van der Waals surface area contributed by atoms with Crippen LogP contribution in [0.4, 0.5) is 0 Å². The Hall–Kier alpha value is -1.02. The molecule has 20 heavy (non-hydrogen) atoms. The highest BCUT2D eigenvalue weighted by Crippen LogP contribution is 2.28. The molecule has 2 nitrogen and oxygen atoms in total. The molecular formula is C18H29NO. The molecule has 0 spiro atoms. The summed E-state index contributed by atoms with van der Waals surface area (Å²) in [6.45, 7) is 4.57. The Morgan fingerprint density at radius 3 is 2.60 bits per heavy atom. The highest BCUT2D eigenvalue weighted by Gasteiger charge is 2.29. The number of benzene rings is 1. The lowest BCUT2D eigenvalue weighted by molar-refractivity contribution is 0.0944. The summed E-state index contributed by atoms with van der Waals surface area (Å²) in [6.07, 6.45) is 7.69. The number of hydrogen-bond donors (Lipinski definition) is 1. The smallest absolute Gasteiger partial charge is 0.119 e. The third-order valence-electron chi connectivity index (χ3n) is 4.45. The minimum atomic E-state index is 0.310. The maximum Gasteiger partial charge on any atom is 0.119 e. The summed E-state index contributed by atoms with van der Waals surface area (Å²) >= 11 is 0. The van der Waals surface area contributed by atoms with Crippen molar-refractivity contribution in [1.29, 1.82) is 0 Å². The van der Waals surface area contributed by atoms with Crippen molar-refractivity contribution in [1.82, 2.24) is 5.32 Å². The summed E-state index contributed by atoms with van der Waals surface area (Å²) in [4.78, 5) is 0. The van der Waals surface area contributed by atoms with Gasteiger partial charge in [0.2, 0.25) is 0 Å². The van der Waals surface area contributed by atoms with Gasteiger partial charge in [0.05, 0.1) is 0 Å². The van der Waals surface area contributed by atoms with E-state index < -0.39 is 0 Å². The predicted octanol–water partition coefficient (Wildman–Crippen LogP) is 4.18. The molecule has 1 fully saturated rings. The van der Waals surface area contributed by atoms with Gasteiger partial charge in [0, 0.05) is 6.04 Å². The van der Waals surface area contributed by atoms with Crippen molar-refractivity contribution in [3.63, 3.8) is 0 Å². The van der Waals surface area contributed by atoms with Crippen LogP contribution in [0.3, 0.4) is 0 Å². The van der Waals surface area contributed by atoms with E-state index in [0.717, 1.165) is 18.1 Å². The fourth-order valence-electron chi connectivity index (χ4n) is 3.08. The minimum Gasteiger partial charge on any atom is -0.489 e. The molecule has 1 saturated carbocycles. The van der Waals surface area contributed by atoms with Crippen molar-refractivity contribution in [2.75, 3.05) is 7.05 Å². The molecule has 1 aliphatic rings. The third kappa shape index (κ3) is 4.24. The number of hydrogen-bond acceptors (Lipinski definition) is 2. The SMILES string of the molecule is CCCCc1ccc(OC2CC(C)CCC2NC)cc1. The first kappa shape index (κ1) is 15.4. The Bertz CT molecular complexity index is 387. The molecule has 3 atom stereocenters. The van der Waals surface area contributed by atoms with Gasteiger partial charge in [-0.05, 0) is 62.8 Å². The predicted molar refractivity (Wildman–Crippen MR) is 85.3 cm³/mol. The lowest BCUT2D eigenvalue weighted by Gasteiger charge is -2.34. The average molecular weight is 275 g/mol. The average Bonchev–Trinajstić information content (AvgIpc) is 2.47. The molecule has 3 unspecified atom stereocenters. The monoisotopic (exact) mass is 275 g/mol. The second kappa shape index (κ2) is 7.68. The number of nitrogens with one attached hydrogen (secondary N) is 1. The number of aryl methyl sites for hydroxylation is 1. The molecule has 1 aromatic rings. The van der Waals surface area contributed by atoms with Crippen LogP contribution in [-0.2, 0) is 6.42 Å². The van der Waals surface area contributed by atoms with Gasteiger partial charge in [0.25, 0.3) is 0 Å². The molecule has 1 aliphatic carbocycles. The van der Waals surface area contributed by atoms with E-state index in [1.165, 1.54) is 37.7 Å². The second-order valence-corrected chi connectivity index (χ2v) is 6.22. The minimum absolute atomic E-state index is 0.310. The Morgan fingerprint density at radius 1 is 1.20 bits per heavy atom. The van der Waals surface area contributed by atoms with Crippen LogP contribution in [0.1, 0.15) is 51.5 Å². The summed E-state index contributed by atoms with van der Waals surface area (Å²) < 4.78 is 6.23. The van der Waals surface area contributed by atoms with Gasteiger partial charge < -0.3 is 10.1 Å². The molecule has 0 saturated heterocycles. The van der Waals surface area contributed by atoms with E-state index in [-0.39, 0.29) is 0 Å². The number of likely N-dealkylation sites (N-methyl/N-ethyl adjacent to an activating group) is 1. The maximum atomic E-state index is 6.23. The normalized spacial score (nSPS) is 26.4. The van der Waals surface area contributed by atoms with E-state index in [1.54, 1.807) is 0 Å². The van der Waals surface area contributed by atoms with Gasteiger partial charge in [-0.1, -0.05) is 32.4 Å². The van der Waals surface area contributed by atoms with E-state index in [4.69, 9.17) is 4.74 Å². The van der Waals surface area contributed by atoms with Crippen molar-refractivity contribution in [2.24, 2.45) is 5.92 Å². The third-order valence-corrected chi connectivity index (χ3v) is 4.45. The molecule has 2 heteroatoms. The van der Waals surface area contributed by atoms with Crippen LogP contribution in [0.5, 0.6) is 5.75 Å². The van der Waals surface area contributed by atoms with Crippen LogP contribution in [0.15, 0.2) is 24.3 Å². The van der Waals surface area contributed by atoms with Crippen LogP contribution in [0.25, 0.3) is 0 Å². The van der Waals surface area contributed by atoms with E-state index in [1.807, 2.05) is 7.05 Å². The molecule has 0 radical (unpaired) electrons. The molecule has 1 aromatic carbocycles. The molecule has 2 rings (SSSR count). The lowest BCUT2D eigenvalue weighted by Crippen LogP contribution is -2.45. The molecule has 1 N–H and O–H groups in total. The van der Waals surface area contributed by atoms with Crippen molar-refractivity contribution >= 4 is 0 Å². The van der Waals surface area contributed by atoms with Crippen LogP contribution >= 0.6 is 0 Å². The molecule has 0 amide bonds. The largest absolute Gasteiger partial charge is 0.489 e. The summed E-state index contributed by atoms with van der Waals surface area (Å²) in [7, 11) is 2.05. The summed E-state index contributed by atoms with van der Waals surface area (Å²) in [5.74, 6) is 1.79. The Morgan fingerprint density at radius 2 is 1.95 bits per heavy atom. The second-order valence-electron chi connectivity index (χ2n) is 6.22. The van der Waals surface area contributed by atoms with Crippen LogP contribution in [0.2, 0.25) is 0 Å². The van der Waals surface area contributed by atoms with Gasteiger partial charge in [0.1, 0.15) is 11.9 Å². The van der Waals surface area contributed by atoms with Gasteiger partial charge in [-0.2, -0.15) is 0 Å². The maximum absolute atomic E-state index is 6.23. The number of ether oxygens (including phenoxy) is 1. The summed E-state index contributed by atoms with van der Waals surface area (Å²) in [6, 6.07) is 9.19. The molecule has 0 aromatic heterocycles. The Labute approximate surface area is 123 Å².